The second-order valence-electron chi connectivity index (χ2n) is 4.97. The second kappa shape index (κ2) is 5.53. The first kappa shape index (κ1) is 11.7. The van der Waals surface area contributed by atoms with E-state index in [1.807, 2.05) is 0 Å². The van der Waals surface area contributed by atoms with Gasteiger partial charge in [0.2, 0.25) is 0 Å². The Balaban J connectivity index is 1.74. The van der Waals surface area contributed by atoms with Crippen LogP contribution in [0.25, 0.3) is 0 Å². The molecule has 4 nitrogen and oxygen atoms in total. The first-order valence-corrected chi connectivity index (χ1v) is 6.47. The van der Waals surface area contributed by atoms with Crippen LogP contribution in [0.3, 0.4) is 0 Å². The van der Waals surface area contributed by atoms with Crippen LogP contribution in [0.5, 0.6) is 0 Å². The predicted molar refractivity (Wildman–Crippen MR) is 62.1 cm³/mol. The van der Waals surface area contributed by atoms with E-state index in [2.05, 4.69) is 0 Å². The lowest BCUT2D eigenvalue weighted by Crippen LogP contribution is -2.44. The molecule has 0 aromatic heterocycles. The van der Waals surface area contributed by atoms with Gasteiger partial charge in [0.1, 0.15) is 6.10 Å². The van der Waals surface area contributed by atoms with E-state index in [1.54, 1.807) is 4.90 Å². The molecule has 1 aliphatic carbocycles. The van der Waals surface area contributed by atoms with Crippen molar-refractivity contribution in [3.63, 3.8) is 0 Å². The minimum atomic E-state index is -0.126. The Bertz CT molecular complexity index is 231. The molecule has 0 radical (unpaired) electrons. The van der Waals surface area contributed by atoms with Crippen LogP contribution in [-0.2, 0) is 4.74 Å². The maximum Gasteiger partial charge on any atom is 0.410 e. The van der Waals surface area contributed by atoms with Crippen molar-refractivity contribution in [3.05, 3.63) is 0 Å². The smallest absolute Gasteiger partial charge is 0.410 e. The number of likely N-dealkylation sites (tertiary alicyclic amines) is 1. The summed E-state index contributed by atoms with van der Waals surface area (Å²) >= 11 is 0. The lowest BCUT2D eigenvalue weighted by molar-refractivity contribution is 0.0407. The summed E-state index contributed by atoms with van der Waals surface area (Å²) in [5, 5.41) is 0. The molecular formula is C12H22N2O2. The van der Waals surface area contributed by atoms with E-state index in [0.717, 1.165) is 38.8 Å². The molecule has 2 rings (SSSR count). The third-order valence-electron chi connectivity index (χ3n) is 3.62. The van der Waals surface area contributed by atoms with Crippen LogP contribution in [0.15, 0.2) is 0 Å². The topological polar surface area (TPSA) is 55.6 Å². The Labute approximate surface area is 97.1 Å². The molecule has 0 unspecified atom stereocenters. The van der Waals surface area contributed by atoms with Gasteiger partial charge in [0.15, 0.2) is 0 Å². The van der Waals surface area contributed by atoms with Crippen molar-refractivity contribution in [2.45, 2.75) is 57.1 Å². The Morgan fingerprint density at radius 2 is 1.69 bits per heavy atom. The Hall–Kier alpha value is -0.770. The van der Waals surface area contributed by atoms with Gasteiger partial charge in [-0.1, -0.05) is 6.42 Å². The molecule has 2 fully saturated rings. The maximum absolute atomic E-state index is 11.8. The fourth-order valence-electron chi connectivity index (χ4n) is 2.48. The number of nitrogens with zero attached hydrogens (tertiary/aromatic N) is 1. The molecule has 2 aliphatic rings. The molecule has 0 atom stereocenters. The van der Waals surface area contributed by atoms with Crippen molar-refractivity contribution in [1.29, 1.82) is 0 Å². The predicted octanol–water partition coefficient (Wildman–Crippen LogP) is 1.88. The zero-order valence-electron chi connectivity index (χ0n) is 9.86. The van der Waals surface area contributed by atoms with Crippen molar-refractivity contribution in [3.8, 4) is 0 Å². The SMILES string of the molecule is NC1CCN(C(=O)OC2CCCCC2)CC1. The van der Waals surface area contributed by atoms with Gasteiger partial charge < -0.3 is 15.4 Å². The summed E-state index contributed by atoms with van der Waals surface area (Å²) < 4.78 is 5.51. The molecule has 1 saturated carbocycles. The van der Waals surface area contributed by atoms with E-state index >= 15 is 0 Å². The monoisotopic (exact) mass is 226 g/mol. The number of rotatable bonds is 1. The second-order valence-corrected chi connectivity index (χ2v) is 4.97. The standard InChI is InChI=1S/C12H22N2O2/c13-10-6-8-14(9-7-10)12(15)16-11-4-2-1-3-5-11/h10-11H,1-9,13H2. The third kappa shape index (κ3) is 3.11. The van der Waals surface area contributed by atoms with Crippen molar-refractivity contribution < 1.29 is 9.53 Å². The molecule has 4 heteroatoms. The van der Waals surface area contributed by atoms with Crippen LogP contribution in [0.2, 0.25) is 0 Å². The maximum atomic E-state index is 11.8. The lowest BCUT2D eigenvalue weighted by Gasteiger charge is -2.31. The first-order valence-electron chi connectivity index (χ1n) is 6.47. The average molecular weight is 226 g/mol. The highest BCUT2D eigenvalue weighted by atomic mass is 16.6. The van der Waals surface area contributed by atoms with Crippen LogP contribution < -0.4 is 5.73 Å². The van der Waals surface area contributed by atoms with E-state index in [9.17, 15) is 4.79 Å². The van der Waals surface area contributed by atoms with Gasteiger partial charge in [0.25, 0.3) is 0 Å². The lowest BCUT2D eigenvalue weighted by atomic mass is 9.98. The summed E-state index contributed by atoms with van der Waals surface area (Å²) in [6.07, 6.45) is 7.60. The molecule has 92 valence electrons. The largest absolute Gasteiger partial charge is 0.446 e. The number of ether oxygens (including phenoxy) is 1. The zero-order chi connectivity index (χ0) is 11.4. The highest BCUT2D eigenvalue weighted by molar-refractivity contribution is 5.67. The van der Waals surface area contributed by atoms with Gasteiger partial charge in [-0.2, -0.15) is 0 Å². The van der Waals surface area contributed by atoms with Crippen molar-refractivity contribution >= 4 is 6.09 Å². The number of carbonyl (C=O) groups excluding carboxylic acids is 1. The van der Waals surface area contributed by atoms with E-state index < -0.39 is 0 Å². The van der Waals surface area contributed by atoms with E-state index in [4.69, 9.17) is 10.5 Å². The van der Waals surface area contributed by atoms with Gasteiger partial charge in [-0.25, -0.2) is 4.79 Å². The molecule has 2 N–H and O–H groups in total. The molecule has 16 heavy (non-hydrogen) atoms. The number of hydrogen-bond donors (Lipinski definition) is 1. The average Bonchev–Trinajstić information content (AvgIpc) is 2.31. The Morgan fingerprint density at radius 3 is 2.31 bits per heavy atom. The van der Waals surface area contributed by atoms with Gasteiger partial charge >= 0.3 is 6.09 Å². The molecule has 1 aliphatic heterocycles. The van der Waals surface area contributed by atoms with E-state index in [-0.39, 0.29) is 18.2 Å². The molecular weight excluding hydrogens is 204 g/mol. The van der Waals surface area contributed by atoms with Crippen LogP contribution >= 0.6 is 0 Å². The molecule has 0 spiro atoms. The van der Waals surface area contributed by atoms with Gasteiger partial charge in [0.05, 0.1) is 0 Å². The fraction of sp³-hybridized carbons (Fsp3) is 0.917. The van der Waals surface area contributed by atoms with Crippen LogP contribution in [0.1, 0.15) is 44.9 Å². The molecule has 1 amide bonds. The quantitative estimate of drug-likeness (QED) is 0.742. The van der Waals surface area contributed by atoms with Crippen molar-refractivity contribution in [2.75, 3.05) is 13.1 Å². The molecule has 1 heterocycles. The normalized spacial score (nSPS) is 24.4. The van der Waals surface area contributed by atoms with Crippen LogP contribution in [0, 0.1) is 0 Å². The highest BCUT2D eigenvalue weighted by Crippen LogP contribution is 2.21. The summed E-state index contributed by atoms with van der Waals surface area (Å²) in [7, 11) is 0. The van der Waals surface area contributed by atoms with E-state index in [1.165, 1.54) is 19.3 Å². The molecule has 0 bridgehead atoms. The van der Waals surface area contributed by atoms with Crippen LogP contribution in [-0.4, -0.2) is 36.2 Å². The summed E-state index contributed by atoms with van der Waals surface area (Å²) in [4.78, 5) is 13.6. The third-order valence-corrected chi connectivity index (χ3v) is 3.62. The first-order chi connectivity index (χ1) is 7.75. The number of nitrogens with two attached hydrogens (primary N) is 1. The number of carbonyl (C=O) groups is 1. The summed E-state index contributed by atoms with van der Waals surface area (Å²) in [5.74, 6) is 0. The fourth-order valence-corrected chi connectivity index (χ4v) is 2.48. The van der Waals surface area contributed by atoms with Crippen LogP contribution in [0.4, 0.5) is 4.79 Å². The summed E-state index contributed by atoms with van der Waals surface area (Å²) in [6, 6.07) is 0.263. The highest BCUT2D eigenvalue weighted by Gasteiger charge is 2.24. The Morgan fingerprint density at radius 1 is 1.06 bits per heavy atom. The summed E-state index contributed by atoms with van der Waals surface area (Å²) in [5.41, 5.74) is 5.80. The zero-order valence-corrected chi connectivity index (χ0v) is 9.86. The van der Waals surface area contributed by atoms with Gasteiger partial charge in [0, 0.05) is 19.1 Å². The van der Waals surface area contributed by atoms with Crippen molar-refractivity contribution in [2.24, 2.45) is 5.73 Å². The minimum Gasteiger partial charge on any atom is -0.446 e. The number of hydrogen-bond acceptors (Lipinski definition) is 3. The van der Waals surface area contributed by atoms with Gasteiger partial charge in [-0.3, -0.25) is 0 Å². The minimum absolute atomic E-state index is 0.126. The van der Waals surface area contributed by atoms with Crippen molar-refractivity contribution in [1.82, 2.24) is 4.90 Å². The molecule has 1 saturated heterocycles. The molecule has 0 aromatic rings. The van der Waals surface area contributed by atoms with Gasteiger partial charge in [-0.05, 0) is 38.5 Å². The van der Waals surface area contributed by atoms with E-state index in [0.29, 0.717) is 0 Å². The number of piperidine rings is 1. The van der Waals surface area contributed by atoms with Gasteiger partial charge in [-0.15, -0.1) is 0 Å². The Kier molecular flexibility index (Phi) is 4.04. The summed E-state index contributed by atoms with van der Waals surface area (Å²) in [6.45, 7) is 1.51. The molecule has 0 aromatic carbocycles. The number of amides is 1.